The van der Waals surface area contributed by atoms with Crippen molar-refractivity contribution in [1.82, 2.24) is 0 Å². The van der Waals surface area contributed by atoms with Crippen molar-refractivity contribution >= 4 is 40.3 Å². The van der Waals surface area contributed by atoms with Gasteiger partial charge in [-0.3, -0.25) is 9.59 Å². The summed E-state index contributed by atoms with van der Waals surface area (Å²) in [6.07, 6.45) is 0.421. The molecule has 196 valence electrons. The predicted octanol–water partition coefficient (Wildman–Crippen LogP) is 5.20. The van der Waals surface area contributed by atoms with Gasteiger partial charge < -0.3 is 4.90 Å². The van der Waals surface area contributed by atoms with E-state index in [0.717, 1.165) is 11.3 Å². The topological polar surface area (TPSA) is 92.4 Å². The van der Waals surface area contributed by atoms with E-state index >= 15 is 0 Å². The van der Waals surface area contributed by atoms with Crippen molar-refractivity contribution in [3.63, 3.8) is 0 Å². The first-order chi connectivity index (χ1) is 18.9. The van der Waals surface area contributed by atoms with Gasteiger partial charge in [-0.2, -0.15) is 15.5 Å². The third-order valence-electron chi connectivity index (χ3n) is 7.36. The molecule has 3 aromatic rings. The summed E-state index contributed by atoms with van der Waals surface area (Å²) in [7, 11) is 1.94. The fraction of sp³-hybridized carbons (Fsp3) is 0.258. The van der Waals surface area contributed by atoms with Gasteiger partial charge in [0.05, 0.1) is 35.7 Å². The third-order valence-corrected chi connectivity index (χ3v) is 7.36. The Morgan fingerprint density at radius 2 is 1.26 bits per heavy atom. The first-order valence-corrected chi connectivity index (χ1v) is 13.0. The largest absolute Gasteiger partial charge is 0.374 e. The zero-order chi connectivity index (χ0) is 27.5. The Hall–Kier alpha value is -4.77. The molecule has 8 nitrogen and oxygen atoms in total. The molecule has 3 aromatic carbocycles. The van der Waals surface area contributed by atoms with Crippen molar-refractivity contribution in [2.45, 2.75) is 26.2 Å². The molecule has 2 aliphatic rings. The lowest BCUT2D eigenvalue weighted by Gasteiger charge is -2.29. The molecule has 0 aliphatic carbocycles. The molecule has 0 N–H and O–H groups in total. The molecular formula is C31H30N6O2. The molecule has 2 unspecified atom stereocenters. The molecule has 0 fully saturated rings. The summed E-state index contributed by atoms with van der Waals surface area (Å²) in [6, 6.07) is 28.7. The number of carbonyl (C=O) groups excluding carboxylic acids is 2. The van der Waals surface area contributed by atoms with Crippen molar-refractivity contribution in [1.29, 1.82) is 5.26 Å². The van der Waals surface area contributed by atoms with E-state index in [1.807, 2.05) is 111 Å². The van der Waals surface area contributed by atoms with Crippen LogP contribution in [0.15, 0.2) is 95.1 Å². The van der Waals surface area contributed by atoms with Crippen LogP contribution in [0.5, 0.6) is 0 Å². The van der Waals surface area contributed by atoms with Gasteiger partial charge in [-0.1, -0.05) is 48.5 Å². The van der Waals surface area contributed by atoms with Gasteiger partial charge in [-0.15, -0.1) is 0 Å². The summed E-state index contributed by atoms with van der Waals surface area (Å²) in [5.74, 6) is -2.11. The Kier molecular flexibility index (Phi) is 7.24. The molecule has 0 aromatic heterocycles. The van der Waals surface area contributed by atoms with E-state index in [1.165, 1.54) is 10.0 Å². The minimum absolute atomic E-state index is 0.169. The van der Waals surface area contributed by atoms with Crippen LogP contribution in [0, 0.1) is 23.2 Å². The van der Waals surface area contributed by atoms with Gasteiger partial charge >= 0.3 is 0 Å². The summed E-state index contributed by atoms with van der Waals surface area (Å²) in [5.41, 5.74) is 4.50. The highest BCUT2D eigenvalue weighted by Crippen LogP contribution is 2.43. The second kappa shape index (κ2) is 10.9. The Morgan fingerprint density at radius 1 is 0.795 bits per heavy atom. The lowest BCUT2D eigenvalue weighted by Crippen LogP contribution is -2.40. The number of hydrogen-bond donors (Lipinski definition) is 0. The number of hydrazone groups is 2. The van der Waals surface area contributed by atoms with Crippen molar-refractivity contribution in [2.75, 3.05) is 28.5 Å². The first-order valence-electron chi connectivity index (χ1n) is 13.0. The maximum atomic E-state index is 14.0. The molecule has 0 saturated carbocycles. The molecule has 0 radical (unpaired) electrons. The van der Waals surface area contributed by atoms with E-state index in [-0.39, 0.29) is 11.8 Å². The molecule has 2 amide bonds. The molecule has 39 heavy (non-hydrogen) atoms. The third kappa shape index (κ3) is 4.91. The molecule has 8 heteroatoms. The number of carbonyl (C=O) groups is 2. The Morgan fingerprint density at radius 3 is 1.69 bits per heavy atom. The molecule has 0 spiro atoms. The predicted molar refractivity (Wildman–Crippen MR) is 154 cm³/mol. The molecule has 0 bridgehead atoms. The van der Waals surface area contributed by atoms with Crippen molar-refractivity contribution in [2.24, 2.45) is 22.0 Å². The highest BCUT2D eigenvalue weighted by molar-refractivity contribution is 6.19. The summed E-state index contributed by atoms with van der Waals surface area (Å²) in [5, 5.41) is 21.1. The second-order valence-electron chi connectivity index (χ2n) is 9.86. The average molecular weight is 519 g/mol. The smallest absolute Gasteiger partial charge is 0.256 e. The number of hydrogen-bond acceptors (Lipinski definition) is 6. The van der Waals surface area contributed by atoms with Crippen molar-refractivity contribution in [3.8, 4) is 6.07 Å². The highest BCUT2D eigenvalue weighted by Gasteiger charge is 2.50. The van der Waals surface area contributed by atoms with Crippen LogP contribution in [0.2, 0.25) is 0 Å². The summed E-state index contributed by atoms with van der Waals surface area (Å²) in [4.78, 5) is 29.9. The fourth-order valence-corrected chi connectivity index (χ4v) is 5.37. The number of benzene rings is 3. The van der Waals surface area contributed by atoms with Crippen LogP contribution in [-0.4, -0.2) is 36.8 Å². The molecular weight excluding hydrogens is 488 g/mol. The average Bonchev–Trinajstić information content (AvgIpc) is 3.43. The van der Waals surface area contributed by atoms with Gasteiger partial charge in [-0.05, 0) is 55.8 Å². The maximum absolute atomic E-state index is 14.0. The van der Waals surface area contributed by atoms with Crippen LogP contribution < -0.4 is 14.9 Å². The number of para-hydroxylation sites is 2. The van der Waals surface area contributed by atoms with Crippen LogP contribution in [0.1, 0.15) is 31.7 Å². The van der Waals surface area contributed by atoms with Crippen LogP contribution >= 0.6 is 0 Å². The lowest BCUT2D eigenvalue weighted by molar-refractivity contribution is -0.122. The Labute approximate surface area is 228 Å². The number of amides is 2. The van der Waals surface area contributed by atoms with E-state index in [2.05, 4.69) is 16.3 Å². The number of nitrogens with zero attached hydrogens (tertiary/aromatic N) is 6. The second-order valence-corrected chi connectivity index (χ2v) is 9.86. The molecule has 2 aliphatic heterocycles. The zero-order valence-corrected chi connectivity index (χ0v) is 22.2. The van der Waals surface area contributed by atoms with E-state index in [1.54, 1.807) is 0 Å². The van der Waals surface area contributed by atoms with Gasteiger partial charge in [0.2, 0.25) is 0 Å². The monoisotopic (exact) mass is 518 g/mol. The number of anilines is 3. The summed E-state index contributed by atoms with van der Waals surface area (Å²) >= 11 is 0. The normalized spacial score (nSPS) is 19.5. The van der Waals surface area contributed by atoms with Crippen molar-refractivity contribution in [3.05, 3.63) is 90.5 Å². The minimum Gasteiger partial charge on any atom is -0.374 e. The SMILES string of the molecule is CC1=NN(c2ccccc2)C(=O)C1C(c1ccc(N(C)CCC#N)cc1)C1C(=O)N(c2ccccc2)N=C1C. The maximum Gasteiger partial charge on any atom is 0.256 e. The quantitative estimate of drug-likeness (QED) is 0.410. The van der Waals surface area contributed by atoms with E-state index in [0.29, 0.717) is 35.8 Å². The van der Waals surface area contributed by atoms with Crippen LogP contribution in [-0.2, 0) is 9.59 Å². The van der Waals surface area contributed by atoms with Crippen LogP contribution in [0.3, 0.4) is 0 Å². The number of rotatable bonds is 8. The standard InChI is InChI=1S/C31H30N6O2/c1-21-27(30(38)36(33-21)25-11-6-4-7-12-25)29(23-15-17-24(18-16-23)35(3)20-10-19-32)28-22(2)34-37(31(28)39)26-13-8-5-9-14-26/h4-9,11-18,27-29H,10,20H2,1-3H3. The fourth-order valence-electron chi connectivity index (χ4n) is 5.37. The van der Waals surface area contributed by atoms with E-state index < -0.39 is 17.8 Å². The summed E-state index contributed by atoms with van der Waals surface area (Å²) in [6.45, 7) is 4.31. The van der Waals surface area contributed by atoms with Gasteiger partial charge in [-0.25, -0.2) is 10.0 Å². The molecule has 5 rings (SSSR count). The van der Waals surface area contributed by atoms with E-state index in [9.17, 15) is 9.59 Å². The van der Waals surface area contributed by atoms with E-state index in [4.69, 9.17) is 5.26 Å². The molecule has 0 saturated heterocycles. The minimum atomic E-state index is -0.637. The molecule has 2 atom stereocenters. The zero-order valence-electron chi connectivity index (χ0n) is 22.2. The first kappa shape index (κ1) is 25.9. The lowest BCUT2D eigenvalue weighted by atomic mass is 9.73. The van der Waals surface area contributed by atoms with Gasteiger partial charge in [0.1, 0.15) is 0 Å². The van der Waals surface area contributed by atoms with Gasteiger partial charge in [0, 0.05) is 36.6 Å². The highest BCUT2D eigenvalue weighted by atomic mass is 16.2. The van der Waals surface area contributed by atoms with Gasteiger partial charge in [0.15, 0.2) is 0 Å². The Balaban J connectivity index is 1.54. The molecule has 2 heterocycles. The van der Waals surface area contributed by atoms with Crippen LogP contribution in [0.4, 0.5) is 17.1 Å². The summed E-state index contributed by atoms with van der Waals surface area (Å²) < 4.78 is 0. The van der Waals surface area contributed by atoms with Crippen LogP contribution in [0.25, 0.3) is 0 Å². The van der Waals surface area contributed by atoms with Gasteiger partial charge in [0.25, 0.3) is 11.8 Å². The van der Waals surface area contributed by atoms with Crippen molar-refractivity contribution < 1.29 is 9.59 Å². The number of nitriles is 1. The Bertz CT molecular complexity index is 1380.